The summed E-state index contributed by atoms with van der Waals surface area (Å²) in [5.41, 5.74) is 7.10. The third-order valence-corrected chi connectivity index (χ3v) is 3.45. The highest BCUT2D eigenvalue weighted by Gasteiger charge is 2.36. The fourth-order valence-corrected chi connectivity index (χ4v) is 2.95. The fourth-order valence-electron chi connectivity index (χ4n) is 2.77. The molecule has 2 rings (SSSR count). The van der Waals surface area contributed by atoms with Gasteiger partial charge in [0.05, 0.1) is 0 Å². The zero-order chi connectivity index (χ0) is 12.6. The van der Waals surface area contributed by atoms with Crippen LogP contribution in [0.5, 0.6) is 5.75 Å². The van der Waals surface area contributed by atoms with Gasteiger partial charge < -0.3 is 10.5 Å². The van der Waals surface area contributed by atoms with Crippen LogP contribution in [0.3, 0.4) is 0 Å². The maximum absolute atomic E-state index is 6.23. The highest BCUT2D eigenvalue weighted by atomic mass is 35.5. The quantitative estimate of drug-likeness (QED) is 0.867. The molecule has 94 valence electrons. The van der Waals surface area contributed by atoms with Crippen molar-refractivity contribution in [3.63, 3.8) is 0 Å². The van der Waals surface area contributed by atoms with E-state index in [0.29, 0.717) is 5.92 Å². The van der Waals surface area contributed by atoms with Gasteiger partial charge in [0.25, 0.3) is 0 Å². The third kappa shape index (κ3) is 2.75. The number of rotatable bonds is 2. The van der Waals surface area contributed by atoms with Crippen molar-refractivity contribution in [1.29, 1.82) is 0 Å². The first kappa shape index (κ1) is 12.7. The molecule has 0 aromatic heterocycles. The molecule has 0 aliphatic carbocycles. The molecule has 1 aliphatic heterocycles. The van der Waals surface area contributed by atoms with Gasteiger partial charge in [-0.1, -0.05) is 25.4 Å². The van der Waals surface area contributed by atoms with Crippen LogP contribution < -0.4 is 10.5 Å². The molecule has 0 fully saturated rings. The summed E-state index contributed by atoms with van der Waals surface area (Å²) in [7, 11) is 0. The molecule has 0 saturated carbocycles. The summed E-state index contributed by atoms with van der Waals surface area (Å²) >= 11 is 5.99. The molecule has 17 heavy (non-hydrogen) atoms. The van der Waals surface area contributed by atoms with Gasteiger partial charge in [-0.25, -0.2) is 0 Å². The molecule has 0 saturated heterocycles. The van der Waals surface area contributed by atoms with Gasteiger partial charge >= 0.3 is 0 Å². The Morgan fingerprint density at radius 2 is 2.24 bits per heavy atom. The lowest BCUT2D eigenvalue weighted by Gasteiger charge is -2.40. The van der Waals surface area contributed by atoms with Crippen LogP contribution in [0.2, 0.25) is 5.02 Å². The van der Waals surface area contributed by atoms with E-state index in [1.165, 1.54) is 0 Å². The van der Waals surface area contributed by atoms with Crippen LogP contribution in [0, 0.1) is 5.92 Å². The van der Waals surface area contributed by atoms with Gasteiger partial charge in [-0.05, 0) is 37.5 Å². The van der Waals surface area contributed by atoms with Crippen molar-refractivity contribution in [2.45, 2.75) is 45.3 Å². The van der Waals surface area contributed by atoms with E-state index in [9.17, 15) is 0 Å². The van der Waals surface area contributed by atoms with Crippen LogP contribution in [0.4, 0.5) is 0 Å². The summed E-state index contributed by atoms with van der Waals surface area (Å²) in [6.07, 6.45) is 1.86. The monoisotopic (exact) mass is 253 g/mol. The SMILES string of the molecule is CC(C)CC1(C)C[C@H](N)c2cc(Cl)ccc2O1. The first-order valence-corrected chi connectivity index (χ1v) is 6.51. The molecule has 0 bridgehead atoms. The minimum absolute atomic E-state index is 0.0150. The maximum atomic E-state index is 6.23. The summed E-state index contributed by atoms with van der Waals surface area (Å²) in [4.78, 5) is 0. The van der Waals surface area contributed by atoms with Gasteiger partial charge in [-0.15, -0.1) is 0 Å². The predicted molar refractivity (Wildman–Crippen MR) is 71.5 cm³/mol. The van der Waals surface area contributed by atoms with Crippen LogP contribution in [0.1, 0.15) is 45.2 Å². The smallest absolute Gasteiger partial charge is 0.125 e. The van der Waals surface area contributed by atoms with Crippen molar-refractivity contribution in [3.8, 4) is 5.75 Å². The minimum Gasteiger partial charge on any atom is -0.487 e. The lowest BCUT2D eigenvalue weighted by atomic mass is 9.83. The predicted octanol–water partition coefficient (Wildman–Crippen LogP) is 3.93. The Balaban J connectivity index is 2.30. The molecule has 1 aliphatic rings. The van der Waals surface area contributed by atoms with E-state index in [1.54, 1.807) is 0 Å². The molecular formula is C14H20ClNO. The topological polar surface area (TPSA) is 35.2 Å². The normalized spacial score (nSPS) is 27.8. The van der Waals surface area contributed by atoms with Gasteiger partial charge in [0.15, 0.2) is 0 Å². The largest absolute Gasteiger partial charge is 0.487 e. The fraction of sp³-hybridized carbons (Fsp3) is 0.571. The molecule has 3 heteroatoms. The molecule has 0 amide bonds. The maximum Gasteiger partial charge on any atom is 0.125 e. The highest BCUT2D eigenvalue weighted by molar-refractivity contribution is 6.30. The number of fused-ring (bicyclic) bond motifs is 1. The van der Waals surface area contributed by atoms with Crippen LogP contribution in [-0.4, -0.2) is 5.60 Å². The molecule has 1 unspecified atom stereocenters. The van der Waals surface area contributed by atoms with Gasteiger partial charge in [0.2, 0.25) is 0 Å². The number of nitrogens with two attached hydrogens (primary N) is 1. The van der Waals surface area contributed by atoms with Crippen LogP contribution in [0.25, 0.3) is 0 Å². The van der Waals surface area contributed by atoms with Crippen molar-refractivity contribution in [2.24, 2.45) is 11.7 Å². The Labute approximate surface area is 108 Å². The summed E-state index contributed by atoms with van der Waals surface area (Å²) in [5.74, 6) is 1.48. The van der Waals surface area contributed by atoms with E-state index in [1.807, 2.05) is 18.2 Å². The molecule has 2 N–H and O–H groups in total. The third-order valence-electron chi connectivity index (χ3n) is 3.22. The average molecular weight is 254 g/mol. The van der Waals surface area contributed by atoms with Crippen molar-refractivity contribution in [3.05, 3.63) is 28.8 Å². The average Bonchev–Trinajstić information content (AvgIpc) is 2.17. The van der Waals surface area contributed by atoms with Crippen LogP contribution in [0.15, 0.2) is 18.2 Å². The standard InChI is InChI=1S/C14H20ClNO/c1-9(2)7-14(3)8-12(16)11-6-10(15)4-5-13(11)17-14/h4-6,9,12H,7-8,16H2,1-3H3/t12-,14?/m0/s1. The van der Waals surface area contributed by atoms with Gasteiger partial charge in [-0.3, -0.25) is 0 Å². The van der Waals surface area contributed by atoms with Crippen molar-refractivity contribution in [2.75, 3.05) is 0 Å². The van der Waals surface area contributed by atoms with E-state index >= 15 is 0 Å². The van der Waals surface area contributed by atoms with E-state index in [4.69, 9.17) is 22.1 Å². The second kappa shape index (κ2) is 4.51. The first-order valence-electron chi connectivity index (χ1n) is 6.14. The molecule has 2 nitrogen and oxygen atoms in total. The summed E-state index contributed by atoms with van der Waals surface area (Å²) in [6.45, 7) is 6.55. The van der Waals surface area contributed by atoms with Crippen molar-refractivity contribution < 1.29 is 4.74 Å². The molecule has 1 aromatic carbocycles. The van der Waals surface area contributed by atoms with E-state index < -0.39 is 0 Å². The minimum atomic E-state index is -0.158. The van der Waals surface area contributed by atoms with E-state index in [2.05, 4.69) is 20.8 Å². The Bertz CT molecular complexity index is 419. The van der Waals surface area contributed by atoms with Crippen LogP contribution in [-0.2, 0) is 0 Å². The van der Waals surface area contributed by atoms with Gasteiger partial charge in [-0.2, -0.15) is 0 Å². The Kier molecular flexibility index (Phi) is 3.37. The number of hydrogen-bond acceptors (Lipinski definition) is 2. The van der Waals surface area contributed by atoms with E-state index in [0.717, 1.165) is 29.2 Å². The first-order chi connectivity index (χ1) is 7.89. The summed E-state index contributed by atoms with van der Waals surface area (Å²) in [5, 5.41) is 0.718. The molecule has 2 atom stereocenters. The number of halogens is 1. The molecular weight excluding hydrogens is 234 g/mol. The molecule has 0 spiro atoms. The second-order valence-electron chi connectivity index (χ2n) is 5.64. The molecule has 1 heterocycles. The number of ether oxygens (including phenoxy) is 1. The lowest BCUT2D eigenvalue weighted by Crippen LogP contribution is -2.41. The lowest BCUT2D eigenvalue weighted by molar-refractivity contribution is 0.0341. The summed E-state index contributed by atoms with van der Waals surface area (Å²) < 4.78 is 6.12. The van der Waals surface area contributed by atoms with Gasteiger partial charge in [0, 0.05) is 23.0 Å². The summed E-state index contributed by atoms with van der Waals surface area (Å²) in [6, 6.07) is 5.71. The molecule has 0 radical (unpaired) electrons. The van der Waals surface area contributed by atoms with Crippen molar-refractivity contribution in [1.82, 2.24) is 0 Å². The van der Waals surface area contributed by atoms with Crippen molar-refractivity contribution >= 4 is 11.6 Å². The zero-order valence-corrected chi connectivity index (χ0v) is 11.4. The van der Waals surface area contributed by atoms with E-state index in [-0.39, 0.29) is 11.6 Å². The Morgan fingerprint density at radius 1 is 1.53 bits per heavy atom. The Hall–Kier alpha value is -0.730. The zero-order valence-electron chi connectivity index (χ0n) is 10.7. The molecule has 1 aromatic rings. The number of hydrogen-bond donors (Lipinski definition) is 1. The second-order valence-corrected chi connectivity index (χ2v) is 6.08. The van der Waals surface area contributed by atoms with Gasteiger partial charge in [0.1, 0.15) is 11.4 Å². The van der Waals surface area contributed by atoms with Crippen LogP contribution >= 0.6 is 11.6 Å². The Morgan fingerprint density at radius 3 is 2.88 bits per heavy atom. The number of benzene rings is 1. The highest BCUT2D eigenvalue weighted by Crippen LogP contribution is 2.41.